The van der Waals surface area contributed by atoms with Crippen LogP contribution in [0.4, 0.5) is 5.69 Å². The van der Waals surface area contributed by atoms with Gasteiger partial charge in [0.25, 0.3) is 5.91 Å². The highest BCUT2D eigenvalue weighted by Crippen LogP contribution is 2.39. The van der Waals surface area contributed by atoms with Crippen molar-refractivity contribution < 1.29 is 4.79 Å². The molecular weight excluding hydrogens is 254 g/mol. The van der Waals surface area contributed by atoms with Gasteiger partial charge in [-0.25, -0.2) is 0 Å². The largest absolute Gasteiger partial charge is 0.321 e. The summed E-state index contributed by atoms with van der Waals surface area (Å²) < 4.78 is 1.01. The quantitative estimate of drug-likeness (QED) is 0.775. The number of rotatable bonds is 1. The molecule has 0 spiro atoms. The molecule has 1 fully saturated rings. The molecule has 0 atom stereocenters. The third kappa shape index (κ3) is 1.61. The maximum absolute atomic E-state index is 11.7. The highest BCUT2D eigenvalue weighted by atomic mass is 79.9. The van der Waals surface area contributed by atoms with E-state index in [1.54, 1.807) is 0 Å². The Morgan fingerprint density at radius 3 is 2.93 bits per heavy atom. The number of hydrogen-bond donors (Lipinski definition) is 1. The molecule has 1 aromatic carbocycles. The fourth-order valence-electron chi connectivity index (χ4n) is 1.82. The molecule has 1 aliphatic heterocycles. The lowest BCUT2D eigenvalue weighted by molar-refractivity contribution is -0.110. The van der Waals surface area contributed by atoms with E-state index in [1.165, 1.54) is 12.8 Å². The number of hydrogen-bond acceptors (Lipinski definition) is 1. The maximum atomic E-state index is 11.7. The molecule has 1 amide bonds. The van der Waals surface area contributed by atoms with E-state index in [0.29, 0.717) is 5.92 Å². The summed E-state index contributed by atoms with van der Waals surface area (Å²) in [5.41, 5.74) is 2.80. The number of nitrogens with one attached hydrogen (secondary N) is 1. The molecule has 0 aromatic heterocycles. The van der Waals surface area contributed by atoms with Gasteiger partial charge in [0.05, 0.1) is 0 Å². The molecule has 76 valence electrons. The molecule has 1 heterocycles. The first kappa shape index (κ1) is 9.16. The molecule has 15 heavy (non-hydrogen) atoms. The maximum Gasteiger partial charge on any atom is 0.256 e. The van der Waals surface area contributed by atoms with Crippen molar-refractivity contribution in [1.29, 1.82) is 0 Å². The average Bonchev–Trinajstić information content (AvgIpc) is 2.96. The molecular formula is C12H10BrNO. The number of carbonyl (C=O) groups excluding carboxylic acids is 1. The minimum atomic E-state index is 0.0370. The first-order valence-corrected chi connectivity index (χ1v) is 5.86. The summed E-state index contributed by atoms with van der Waals surface area (Å²) in [7, 11) is 0. The molecule has 2 aliphatic rings. The Bertz CT molecular complexity index is 475. The lowest BCUT2D eigenvalue weighted by Crippen LogP contribution is -2.03. The molecule has 0 saturated heterocycles. The van der Waals surface area contributed by atoms with E-state index in [4.69, 9.17) is 0 Å². The minimum Gasteiger partial charge on any atom is -0.321 e. The molecule has 3 heteroatoms. The zero-order valence-corrected chi connectivity index (χ0v) is 9.67. The zero-order chi connectivity index (χ0) is 10.4. The Labute approximate surface area is 96.5 Å². The van der Waals surface area contributed by atoms with E-state index >= 15 is 0 Å². The summed E-state index contributed by atoms with van der Waals surface area (Å²) >= 11 is 3.43. The molecule has 2 nitrogen and oxygen atoms in total. The third-order valence-electron chi connectivity index (χ3n) is 2.79. The summed E-state index contributed by atoms with van der Waals surface area (Å²) in [5.74, 6) is 0.658. The molecule has 1 saturated carbocycles. The van der Waals surface area contributed by atoms with Gasteiger partial charge in [-0.3, -0.25) is 4.79 Å². The monoisotopic (exact) mass is 263 g/mol. The van der Waals surface area contributed by atoms with Gasteiger partial charge in [0.15, 0.2) is 0 Å². The van der Waals surface area contributed by atoms with Gasteiger partial charge >= 0.3 is 0 Å². The third-order valence-corrected chi connectivity index (χ3v) is 3.28. The van der Waals surface area contributed by atoms with E-state index in [9.17, 15) is 4.79 Å². The first-order valence-electron chi connectivity index (χ1n) is 5.07. The van der Waals surface area contributed by atoms with E-state index in [1.807, 2.05) is 18.2 Å². The van der Waals surface area contributed by atoms with Crippen LogP contribution in [0.25, 0.3) is 5.57 Å². The molecule has 0 unspecified atom stereocenters. The summed E-state index contributed by atoms with van der Waals surface area (Å²) in [6.07, 6.45) is 4.55. The average molecular weight is 264 g/mol. The lowest BCUT2D eigenvalue weighted by Gasteiger charge is -1.98. The van der Waals surface area contributed by atoms with E-state index in [-0.39, 0.29) is 5.91 Å². The van der Waals surface area contributed by atoms with Gasteiger partial charge in [0, 0.05) is 21.3 Å². The van der Waals surface area contributed by atoms with Gasteiger partial charge in [0.1, 0.15) is 0 Å². The summed E-state index contributed by atoms with van der Waals surface area (Å²) in [6, 6.07) is 5.88. The fourth-order valence-corrected chi connectivity index (χ4v) is 2.19. The van der Waals surface area contributed by atoms with Crippen LogP contribution < -0.4 is 5.32 Å². The van der Waals surface area contributed by atoms with Gasteiger partial charge in [-0.2, -0.15) is 0 Å². The van der Waals surface area contributed by atoms with Crippen molar-refractivity contribution in [3.63, 3.8) is 0 Å². The molecule has 0 radical (unpaired) electrons. The van der Waals surface area contributed by atoms with Crippen LogP contribution in [0.15, 0.2) is 28.7 Å². The highest BCUT2D eigenvalue weighted by molar-refractivity contribution is 9.10. The van der Waals surface area contributed by atoms with Crippen molar-refractivity contribution in [2.75, 3.05) is 5.32 Å². The minimum absolute atomic E-state index is 0.0370. The van der Waals surface area contributed by atoms with Crippen LogP contribution in [0.1, 0.15) is 18.4 Å². The normalized spacial score (nSPS) is 21.7. The lowest BCUT2D eigenvalue weighted by atomic mass is 10.1. The Balaban J connectivity index is 2.10. The van der Waals surface area contributed by atoms with Crippen LogP contribution in [-0.2, 0) is 4.79 Å². The summed E-state index contributed by atoms with van der Waals surface area (Å²) in [4.78, 5) is 11.7. The Kier molecular flexibility index (Phi) is 1.96. The van der Waals surface area contributed by atoms with Gasteiger partial charge in [0.2, 0.25) is 0 Å². The number of amides is 1. The predicted molar refractivity (Wildman–Crippen MR) is 63.5 cm³/mol. The van der Waals surface area contributed by atoms with E-state index < -0.39 is 0 Å². The van der Waals surface area contributed by atoms with Crippen molar-refractivity contribution >= 4 is 33.1 Å². The molecule has 1 N–H and O–H groups in total. The van der Waals surface area contributed by atoms with Crippen LogP contribution in [-0.4, -0.2) is 5.91 Å². The summed E-state index contributed by atoms with van der Waals surface area (Å²) in [5, 5.41) is 2.88. The van der Waals surface area contributed by atoms with Crippen molar-refractivity contribution in [3.8, 4) is 0 Å². The number of allylic oxidation sites excluding steroid dienone is 1. The van der Waals surface area contributed by atoms with Crippen molar-refractivity contribution in [2.24, 2.45) is 5.92 Å². The van der Waals surface area contributed by atoms with Crippen LogP contribution in [0.2, 0.25) is 0 Å². The number of carbonyl (C=O) groups is 1. The van der Waals surface area contributed by atoms with Gasteiger partial charge in [-0.15, -0.1) is 0 Å². The van der Waals surface area contributed by atoms with Crippen LogP contribution in [0.5, 0.6) is 0 Å². The standard InChI is InChI=1S/C12H10BrNO/c13-8-3-4-11-9(6-8)10(12(15)14-11)5-7-1-2-7/h3-7H,1-2H2,(H,14,15)/b10-5-. The van der Waals surface area contributed by atoms with Gasteiger partial charge in [-0.1, -0.05) is 22.0 Å². The fraction of sp³-hybridized carbons (Fsp3) is 0.250. The van der Waals surface area contributed by atoms with Crippen molar-refractivity contribution in [1.82, 2.24) is 0 Å². The topological polar surface area (TPSA) is 29.1 Å². The molecule has 0 bridgehead atoms. The molecule has 1 aliphatic carbocycles. The van der Waals surface area contributed by atoms with E-state index in [2.05, 4.69) is 27.3 Å². The predicted octanol–water partition coefficient (Wildman–Crippen LogP) is 3.19. The number of benzene rings is 1. The smallest absolute Gasteiger partial charge is 0.256 e. The Morgan fingerprint density at radius 2 is 2.20 bits per heavy atom. The van der Waals surface area contributed by atoms with Crippen LogP contribution in [0.3, 0.4) is 0 Å². The second-order valence-electron chi connectivity index (χ2n) is 4.06. The molecule has 3 rings (SSSR count). The van der Waals surface area contributed by atoms with Crippen molar-refractivity contribution in [3.05, 3.63) is 34.3 Å². The highest BCUT2D eigenvalue weighted by Gasteiger charge is 2.28. The number of fused-ring (bicyclic) bond motifs is 1. The Hall–Kier alpha value is -1.09. The van der Waals surface area contributed by atoms with Crippen molar-refractivity contribution in [2.45, 2.75) is 12.8 Å². The zero-order valence-electron chi connectivity index (χ0n) is 8.09. The first-order chi connectivity index (χ1) is 7.24. The van der Waals surface area contributed by atoms with E-state index in [0.717, 1.165) is 21.3 Å². The summed E-state index contributed by atoms with van der Waals surface area (Å²) in [6.45, 7) is 0. The second-order valence-corrected chi connectivity index (χ2v) is 4.98. The number of halogens is 1. The number of anilines is 1. The SMILES string of the molecule is O=C1Nc2ccc(Br)cc2/C1=C/C1CC1. The Morgan fingerprint density at radius 1 is 1.40 bits per heavy atom. The van der Waals surface area contributed by atoms with Gasteiger partial charge < -0.3 is 5.32 Å². The van der Waals surface area contributed by atoms with Crippen LogP contribution in [0, 0.1) is 5.92 Å². The molecule has 1 aromatic rings. The van der Waals surface area contributed by atoms with Crippen LogP contribution >= 0.6 is 15.9 Å². The second kappa shape index (κ2) is 3.20. The van der Waals surface area contributed by atoms with Gasteiger partial charge in [-0.05, 0) is 37.0 Å².